The zero-order valence-corrected chi connectivity index (χ0v) is 8.71. The van der Waals surface area contributed by atoms with E-state index < -0.39 is 5.97 Å². The van der Waals surface area contributed by atoms with Crippen LogP contribution in [0.5, 0.6) is 0 Å². The van der Waals surface area contributed by atoms with Crippen molar-refractivity contribution in [2.45, 2.75) is 13.0 Å². The highest BCUT2D eigenvalue weighted by molar-refractivity contribution is 5.87. The van der Waals surface area contributed by atoms with Gasteiger partial charge < -0.3 is 5.11 Å². The molecule has 82 valence electrons. The highest BCUT2D eigenvalue weighted by Crippen LogP contribution is 2.06. The lowest BCUT2D eigenvalue weighted by Crippen LogP contribution is -2.02. The number of hydrogen-bond acceptors (Lipinski definition) is 2. The summed E-state index contributed by atoms with van der Waals surface area (Å²) in [6.07, 6.45) is 4.50. The molecule has 0 fully saturated rings. The van der Waals surface area contributed by atoms with Gasteiger partial charge in [0.05, 0.1) is 5.56 Å². The minimum atomic E-state index is -0.890. The second kappa shape index (κ2) is 4.61. The SMILES string of the molecule is O=C(O)c1ccc(CCn2cccn2)cc1. The predicted molar refractivity (Wildman–Crippen MR) is 59.3 cm³/mol. The number of benzene rings is 1. The Kier molecular flexibility index (Phi) is 3.00. The van der Waals surface area contributed by atoms with Gasteiger partial charge in [0, 0.05) is 18.9 Å². The van der Waals surface area contributed by atoms with Gasteiger partial charge in [-0.2, -0.15) is 5.10 Å². The molecule has 0 spiro atoms. The number of aromatic carboxylic acids is 1. The van der Waals surface area contributed by atoms with Gasteiger partial charge in [-0.25, -0.2) is 4.79 Å². The van der Waals surface area contributed by atoms with Crippen molar-refractivity contribution in [2.75, 3.05) is 0 Å². The van der Waals surface area contributed by atoms with Crippen LogP contribution in [0.25, 0.3) is 0 Å². The number of rotatable bonds is 4. The number of carboxylic acids is 1. The zero-order valence-electron chi connectivity index (χ0n) is 8.71. The molecule has 0 unspecified atom stereocenters. The molecule has 0 amide bonds. The molecule has 0 bridgehead atoms. The third kappa shape index (κ3) is 2.48. The molecule has 2 aromatic rings. The second-order valence-electron chi connectivity index (χ2n) is 3.52. The quantitative estimate of drug-likeness (QED) is 0.848. The third-order valence-electron chi connectivity index (χ3n) is 2.39. The molecule has 0 saturated heterocycles. The van der Waals surface area contributed by atoms with Crippen LogP contribution in [0.1, 0.15) is 15.9 Å². The van der Waals surface area contributed by atoms with E-state index in [4.69, 9.17) is 5.11 Å². The molecule has 0 saturated carbocycles. The van der Waals surface area contributed by atoms with Gasteiger partial charge in [-0.3, -0.25) is 4.68 Å². The van der Waals surface area contributed by atoms with E-state index >= 15 is 0 Å². The lowest BCUT2D eigenvalue weighted by molar-refractivity contribution is 0.0697. The van der Waals surface area contributed by atoms with Crippen molar-refractivity contribution in [2.24, 2.45) is 0 Å². The summed E-state index contributed by atoms with van der Waals surface area (Å²) < 4.78 is 1.85. The van der Waals surface area contributed by atoms with E-state index in [2.05, 4.69) is 5.10 Å². The maximum absolute atomic E-state index is 10.6. The van der Waals surface area contributed by atoms with Crippen LogP contribution in [0, 0.1) is 0 Å². The predicted octanol–water partition coefficient (Wildman–Crippen LogP) is 1.82. The standard InChI is InChI=1S/C12H12N2O2/c15-12(16)11-4-2-10(3-5-11)6-9-14-8-1-7-13-14/h1-5,7-8H,6,9H2,(H,15,16). The first kappa shape index (κ1) is 10.4. The molecule has 1 heterocycles. The first-order chi connectivity index (χ1) is 7.75. The van der Waals surface area contributed by atoms with Crippen molar-refractivity contribution in [1.82, 2.24) is 9.78 Å². The van der Waals surface area contributed by atoms with Crippen LogP contribution in [0.4, 0.5) is 0 Å². The molecule has 4 nitrogen and oxygen atoms in total. The summed E-state index contributed by atoms with van der Waals surface area (Å²) in [4.78, 5) is 10.6. The van der Waals surface area contributed by atoms with Crippen molar-refractivity contribution in [3.8, 4) is 0 Å². The monoisotopic (exact) mass is 216 g/mol. The van der Waals surface area contributed by atoms with Gasteiger partial charge in [-0.05, 0) is 30.2 Å². The summed E-state index contributed by atoms with van der Waals surface area (Å²) in [5.41, 5.74) is 1.43. The third-order valence-corrected chi connectivity index (χ3v) is 2.39. The fourth-order valence-electron chi connectivity index (χ4n) is 1.49. The van der Waals surface area contributed by atoms with Crippen LogP contribution in [-0.4, -0.2) is 20.9 Å². The van der Waals surface area contributed by atoms with Gasteiger partial charge in [-0.1, -0.05) is 12.1 Å². The molecule has 4 heteroatoms. The Morgan fingerprint density at radius 2 is 2.06 bits per heavy atom. The first-order valence-electron chi connectivity index (χ1n) is 5.05. The Morgan fingerprint density at radius 3 is 2.62 bits per heavy atom. The molecule has 0 atom stereocenters. The van der Waals surface area contributed by atoms with Crippen LogP contribution in [0.15, 0.2) is 42.7 Å². The fraction of sp³-hybridized carbons (Fsp3) is 0.167. The van der Waals surface area contributed by atoms with Crippen LogP contribution in [-0.2, 0) is 13.0 Å². The van der Waals surface area contributed by atoms with Crippen LogP contribution in [0.3, 0.4) is 0 Å². The van der Waals surface area contributed by atoms with E-state index in [1.54, 1.807) is 18.3 Å². The smallest absolute Gasteiger partial charge is 0.335 e. The topological polar surface area (TPSA) is 55.1 Å². The largest absolute Gasteiger partial charge is 0.478 e. The van der Waals surface area contributed by atoms with E-state index in [0.717, 1.165) is 18.5 Å². The highest BCUT2D eigenvalue weighted by Gasteiger charge is 2.01. The number of nitrogens with zero attached hydrogens (tertiary/aromatic N) is 2. The molecule has 0 aliphatic heterocycles. The first-order valence-corrected chi connectivity index (χ1v) is 5.05. The summed E-state index contributed by atoms with van der Waals surface area (Å²) in [6, 6.07) is 8.81. The van der Waals surface area contributed by atoms with Crippen LogP contribution in [0.2, 0.25) is 0 Å². The van der Waals surface area contributed by atoms with Gasteiger partial charge in [-0.15, -0.1) is 0 Å². The van der Waals surface area contributed by atoms with Crippen molar-refractivity contribution in [1.29, 1.82) is 0 Å². The van der Waals surface area contributed by atoms with Gasteiger partial charge in [0.2, 0.25) is 0 Å². The van der Waals surface area contributed by atoms with E-state index in [1.807, 2.05) is 29.1 Å². The van der Waals surface area contributed by atoms with Crippen molar-refractivity contribution in [3.05, 3.63) is 53.9 Å². The van der Waals surface area contributed by atoms with Crippen molar-refractivity contribution in [3.63, 3.8) is 0 Å². The molecule has 1 aromatic carbocycles. The number of carbonyl (C=O) groups is 1. The Bertz CT molecular complexity index is 460. The van der Waals surface area contributed by atoms with Gasteiger partial charge >= 0.3 is 5.97 Å². The summed E-state index contributed by atoms with van der Waals surface area (Å²) in [7, 11) is 0. The van der Waals surface area contributed by atoms with Gasteiger partial charge in [0.1, 0.15) is 0 Å². The van der Waals surface area contributed by atoms with Gasteiger partial charge in [0.15, 0.2) is 0 Å². The number of carboxylic acid groups (broad SMARTS) is 1. The summed E-state index contributed by atoms with van der Waals surface area (Å²) >= 11 is 0. The number of hydrogen-bond donors (Lipinski definition) is 1. The average Bonchev–Trinajstić information content (AvgIpc) is 2.80. The van der Waals surface area contributed by atoms with Crippen LogP contribution < -0.4 is 0 Å². The summed E-state index contributed by atoms with van der Waals surface area (Å²) in [6.45, 7) is 0.805. The Balaban J connectivity index is 1.98. The second-order valence-corrected chi connectivity index (χ2v) is 3.52. The average molecular weight is 216 g/mol. The minimum absolute atomic E-state index is 0.322. The highest BCUT2D eigenvalue weighted by atomic mass is 16.4. The zero-order chi connectivity index (χ0) is 11.4. The minimum Gasteiger partial charge on any atom is -0.478 e. The Morgan fingerprint density at radius 1 is 1.31 bits per heavy atom. The molecule has 0 aliphatic carbocycles. The van der Waals surface area contributed by atoms with E-state index in [0.29, 0.717) is 5.56 Å². The normalized spacial score (nSPS) is 10.2. The van der Waals surface area contributed by atoms with E-state index in [-0.39, 0.29) is 0 Å². The molecular formula is C12H12N2O2. The molecule has 0 aliphatic rings. The molecule has 1 N–H and O–H groups in total. The van der Waals surface area contributed by atoms with E-state index in [1.165, 1.54) is 0 Å². The number of aromatic nitrogens is 2. The molecule has 0 radical (unpaired) electrons. The van der Waals surface area contributed by atoms with Crippen molar-refractivity contribution >= 4 is 5.97 Å². The maximum Gasteiger partial charge on any atom is 0.335 e. The fourth-order valence-corrected chi connectivity index (χ4v) is 1.49. The van der Waals surface area contributed by atoms with Crippen LogP contribution >= 0.6 is 0 Å². The lowest BCUT2D eigenvalue weighted by atomic mass is 10.1. The summed E-state index contributed by atoms with van der Waals surface area (Å²) in [5, 5.41) is 12.8. The Labute approximate surface area is 93.1 Å². The molecule has 2 rings (SSSR count). The summed E-state index contributed by atoms with van der Waals surface area (Å²) in [5.74, 6) is -0.890. The number of aryl methyl sites for hydroxylation is 2. The molecule has 16 heavy (non-hydrogen) atoms. The Hall–Kier alpha value is -2.10. The molecular weight excluding hydrogens is 204 g/mol. The molecule has 1 aromatic heterocycles. The van der Waals surface area contributed by atoms with Gasteiger partial charge in [0.25, 0.3) is 0 Å². The van der Waals surface area contributed by atoms with Crippen molar-refractivity contribution < 1.29 is 9.90 Å². The maximum atomic E-state index is 10.6. The lowest BCUT2D eigenvalue weighted by Gasteiger charge is -2.02. The van der Waals surface area contributed by atoms with E-state index in [9.17, 15) is 4.79 Å².